The number of carbonyl (C=O) groups is 1. The van der Waals surface area contributed by atoms with E-state index in [1.54, 1.807) is 37.5 Å². The van der Waals surface area contributed by atoms with E-state index in [1.165, 1.54) is 17.4 Å². The van der Waals surface area contributed by atoms with E-state index in [0.717, 1.165) is 30.8 Å². The van der Waals surface area contributed by atoms with Crippen LogP contribution in [0.2, 0.25) is 0 Å². The highest BCUT2D eigenvalue weighted by Gasteiger charge is 2.41. The summed E-state index contributed by atoms with van der Waals surface area (Å²) >= 11 is 0. The maximum Gasteiger partial charge on any atom is 0.250 e. The molecule has 142 valence electrons. The van der Waals surface area contributed by atoms with Crippen molar-refractivity contribution < 1.29 is 4.79 Å². The van der Waals surface area contributed by atoms with E-state index in [1.807, 2.05) is 13.0 Å². The van der Waals surface area contributed by atoms with E-state index < -0.39 is 0 Å². The van der Waals surface area contributed by atoms with Crippen molar-refractivity contribution >= 4 is 17.4 Å². The fraction of sp³-hybridized carbons (Fsp3) is 0.500. The molecule has 2 aromatic rings. The SMILES string of the molecule is CC[C@@H]1C(=O)N(C)c2cnc(-c3ccn(C)c(=O)c3)nc2N1C1CCCC1. The molecule has 2 aliphatic rings. The highest BCUT2D eigenvalue weighted by molar-refractivity contribution is 6.04. The van der Waals surface area contributed by atoms with Crippen molar-refractivity contribution in [2.45, 2.75) is 51.1 Å². The van der Waals surface area contributed by atoms with E-state index >= 15 is 0 Å². The largest absolute Gasteiger partial charge is 0.340 e. The number of hydrogen-bond acceptors (Lipinski definition) is 5. The average Bonchev–Trinajstić information content (AvgIpc) is 3.20. The zero-order valence-corrected chi connectivity index (χ0v) is 16.1. The predicted molar refractivity (Wildman–Crippen MR) is 105 cm³/mol. The Morgan fingerprint density at radius 1 is 1.19 bits per heavy atom. The van der Waals surface area contributed by atoms with Crippen molar-refractivity contribution in [1.29, 1.82) is 0 Å². The molecule has 1 aliphatic heterocycles. The summed E-state index contributed by atoms with van der Waals surface area (Å²) in [6, 6.07) is 3.53. The maximum atomic E-state index is 12.9. The van der Waals surface area contributed by atoms with Crippen LogP contribution < -0.4 is 15.4 Å². The van der Waals surface area contributed by atoms with Gasteiger partial charge in [0.1, 0.15) is 11.7 Å². The number of anilines is 2. The molecule has 0 unspecified atom stereocenters. The zero-order chi connectivity index (χ0) is 19.1. The lowest BCUT2D eigenvalue weighted by Gasteiger charge is -2.43. The number of aromatic nitrogens is 3. The molecule has 0 radical (unpaired) electrons. The molecule has 4 rings (SSSR count). The molecule has 0 aromatic carbocycles. The lowest BCUT2D eigenvalue weighted by molar-refractivity contribution is -0.120. The molecular weight excluding hydrogens is 342 g/mol. The number of fused-ring (bicyclic) bond motifs is 1. The minimum Gasteiger partial charge on any atom is -0.340 e. The number of aryl methyl sites for hydroxylation is 1. The lowest BCUT2D eigenvalue weighted by atomic mass is 10.0. The van der Waals surface area contributed by atoms with Crippen molar-refractivity contribution in [3.8, 4) is 11.4 Å². The van der Waals surface area contributed by atoms with Crippen molar-refractivity contribution in [1.82, 2.24) is 14.5 Å². The molecule has 2 aromatic heterocycles. The number of hydrogen-bond donors (Lipinski definition) is 0. The Hall–Kier alpha value is -2.70. The van der Waals surface area contributed by atoms with Crippen LogP contribution >= 0.6 is 0 Å². The molecule has 1 amide bonds. The van der Waals surface area contributed by atoms with E-state index in [2.05, 4.69) is 9.88 Å². The van der Waals surface area contributed by atoms with Gasteiger partial charge in [0, 0.05) is 38.0 Å². The second-order valence-corrected chi connectivity index (χ2v) is 7.43. The molecular formula is C20H25N5O2. The number of pyridine rings is 1. The van der Waals surface area contributed by atoms with E-state index in [9.17, 15) is 9.59 Å². The van der Waals surface area contributed by atoms with Gasteiger partial charge in [-0.1, -0.05) is 19.8 Å². The second-order valence-electron chi connectivity index (χ2n) is 7.43. The monoisotopic (exact) mass is 367 g/mol. The van der Waals surface area contributed by atoms with E-state index in [0.29, 0.717) is 17.4 Å². The third kappa shape index (κ3) is 2.91. The first kappa shape index (κ1) is 17.7. The van der Waals surface area contributed by atoms with Crippen LogP contribution in [0.25, 0.3) is 11.4 Å². The zero-order valence-electron chi connectivity index (χ0n) is 16.1. The molecule has 1 fully saturated rings. The Morgan fingerprint density at radius 2 is 1.93 bits per heavy atom. The van der Waals surface area contributed by atoms with Crippen LogP contribution in [-0.2, 0) is 11.8 Å². The van der Waals surface area contributed by atoms with Crippen LogP contribution in [0, 0.1) is 0 Å². The Balaban J connectivity index is 1.85. The van der Waals surface area contributed by atoms with Crippen LogP contribution in [0.5, 0.6) is 0 Å². The fourth-order valence-electron chi connectivity index (χ4n) is 4.21. The number of likely N-dealkylation sites (N-methyl/N-ethyl adjacent to an activating group) is 1. The highest BCUT2D eigenvalue weighted by atomic mass is 16.2. The van der Waals surface area contributed by atoms with Crippen molar-refractivity contribution in [2.75, 3.05) is 16.8 Å². The highest BCUT2D eigenvalue weighted by Crippen LogP contribution is 2.40. The van der Waals surface area contributed by atoms with Crippen LogP contribution in [-0.4, -0.2) is 39.6 Å². The van der Waals surface area contributed by atoms with Gasteiger partial charge in [0.05, 0.1) is 6.20 Å². The van der Waals surface area contributed by atoms with Crippen LogP contribution in [0.4, 0.5) is 11.5 Å². The summed E-state index contributed by atoms with van der Waals surface area (Å²) in [4.78, 5) is 38.1. The fourth-order valence-corrected chi connectivity index (χ4v) is 4.21. The summed E-state index contributed by atoms with van der Waals surface area (Å²) in [6.07, 6.45) is 8.70. The molecule has 0 bridgehead atoms. The molecule has 3 heterocycles. The van der Waals surface area contributed by atoms with Gasteiger partial charge in [0.25, 0.3) is 5.56 Å². The van der Waals surface area contributed by atoms with Gasteiger partial charge in [-0.2, -0.15) is 0 Å². The van der Waals surface area contributed by atoms with Gasteiger partial charge in [-0.3, -0.25) is 9.59 Å². The van der Waals surface area contributed by atoms with Crippen LogP contribution in [0.1, 0.15) is 39.0 Å². The number of carbonyl (C=O) groups excluding carboxylic acids is 1. The van der Waals surface area contributed by atoms with Gasteiger partial charge in [-0.15, -0.1) is 0 Å². The average molecular weight is 367 g/mol. The van der Waals surface area contributed by atoms with Gasteiger partial charge in [0.2, 0.25) is 5.91 Å². The third-order valence-electron chi connectivity index (χ3n) is 5.77. The van der Waals surface area contributed by atoms with Gasteiger partial charge in [-0.05, 0) is 25.3 Å². The predicted octanol–water partition coefficient (Wildman–Crippen LogP) is 2.35. The number of amides is 1. The molecule has 27 heavy (non-hydrogen) atoms. The van der Waals surface area contributed by atoms with Crippen LogP contribution in [0.15, 0.2) is 29.3 Å². The smallest absolute Gasteiger partial charge is 0.250 e. The minimum atomic E-state index is -0.197. The van der Waals surface area contributed by atoms with Crippen molar-refractivity contribution in [3.63, 3.8) is 0 Å². The minimum absolute atomic E-state index is 0.0970. The quantitative estimate of drug-likeness (QED) is 0.833. The van der Waals surface area contributed by atoms with Gasteiger partial charge in [-0.25, -0.2) is 9.97 Å². The molecule has 7 heteroatoms. The first-order valence-electron chi connectivity index (χ1n) is 9.61. The topological polar surface area (TPSA) is 71.3 Å². The van der Waals surface area contributed by atoms with E-state index in [4.69, 9.17) is 4.98 Å². The first-order chi connectivity index (χ1) is 13.0. The number of rotatable bonds is 3. The molecule has 0 spiro atoms. The summed E-state index contributed by atoms with van der Waals surface area (Å²) in [6.45, 7) is 2.05. The first-order valence-corrected chi connectivity index (χ1v) is 9.61. The van der Waals surface area contributed by atoms with E-state index in [-0.39, 0.29) is 17.5 Å². The standard InChI is InChI=1S/C20H25N5O2/c1-4-15-20(27)24(3)16-12-21-18(13-9-10-23(2)17(26)11-13)22-19(16)25(15)14-7-5-6-8-14/h9-12,14-15H,4-8H2,1-3H3/t15-/m1/s1. The molecule has 7 nitrogen and oxygen atoms in total. The summed E-state index contributed by atoms with van der Waals surface area (Å²) in [5.74, 6) is 1.43. The van der Waals surface area contributed by atoms with Crippen LogP contribution in [0.3, 0.4) is 0 Å². The van der Waals surface area contributed by atoms with Crippen molar-refractivity contribution in [2.24, 2.45) is 7.05 Å². The Morgan fingerprint density at radius 3 is 2.59 bits per heavy atom. The second kappa shape index (κ2) is 6.79. The molecule has 1 saturated carbocycles. The van der Waals surface area contributed by atoms with Gasteiger partial charge >= 0.3 is 0 Å². The van der Waals surface area contributed by atoms with Gasteiger partial charge < -0.3 is 14.4 Å². The Kier molecular flexibility index (Phi) is 4.45. The Labute approximate surface area is 158 Å². The maximum absolute atomic E-state index is 12.9. The molecule has 0 N–H and O–H groups in total. The van der Waals surface area contributed by atoms with Crippen molar-refractivity contribution in [3.05, 3.63) is 34.9 Å². The summed E-state index contributed by atoms with van der Waals surface area (Å²) in [7, 11) is 3.51. The number of nitrogens with zero attached hydrogens (tertiary/aromatic N) is 5. The molecule has 1 aliphatic carbocycles. The Bertz CT molecular complexity index is 932. The lowest BCUT2D eigenvalue weighted by Crippen LogP contribution is -2.55. The summed E-state index contributed by atoms with van der Waals surface area (Å²) < 4.78 is 1.52. The molecule has 1 atom stereocenters. The third-order valence-corrected chi connectivity index (χ3v) is 5.77. The normalized spacial score (nSPS) is 20.3. The summed E-state index contributed by atoms with van der Waals surface area (Å²) in [5, 5.41) is 0. The van der Waals surface area contributed by atoms with Gasteiger partial charge in [0.15, 0.2) is 11.6 Å². The summed E-state index contributed by atoms with van der Waals surface area (Å²) in [5.41, 5.74) is 1.34. The molecule has 0 saturated heterocycles.